The van der Waals surface area contributed by atoms with Crippen molar-refractivity contribution in [2.24, 2.45) is 0 Å². The number of thiazole rings is 2. The Hall–Kier alpha value is -1.74. The first-order valence-corrected chi connectivity index (χ1v) is 10.3. The van der Waals surface area contributed by atoms with Crippen LogP contribution >= 0.6 is 46.0 Å². The van der Waals surface area contributed by atoms with Gasteiger partial charge in [-0.25, -0.2) is 14.4 Å². The molecule has 0 saturated carbocycles. The van der Waals surface area contributed by atoms with Crippen molar-refractivity contribution < 1.29 is 9.18 Å². The molecule has 0 atom stereocenters. The summed E-state index contributed by atoms with van der Waals surface area (Å²) < 4.78 is 16.1. The maximum absolute atomic E-state index is 13.1. The van der Waals surface area contributed by atoms with Crippen LogP contribution in [0.15, 0.2) is 34.7 Å². The molecule has 0 spiro atoms. The van der Waals surface area contributed by atoms with Crippen LogP contribution in [0, 0.1) is 5.82 Å². The van der Waals surface area contributed by atoms with Gasteiger partial charge in [-0.1, -0.05) is 34.7 Å². The topological polar surface area (TPSA) is 54.9 Å². The van der Waals surface area contributed by atoms with Crippen molar-refractivity contribution in [3.63, 3.8) is 0 Å². The van der Waals surface area contributed by atoms with Gasteiger partial charge in [0, 0.05) is 0 Å². The Balaban J connectivity index is 1.70. The second-order valence-corrected chi connectivity index (χ2v) is 8.50. The van der Waals surface area contributed by atoms with Crippen LogP contribution in [-0.2, 0) is 0 Å². The number of rotatable bonds is 3. The molecule has 4 rings (SSSR count). The minimum Gasteiger partial charge on any atom is -0.298 e. The fourth-order valence-electron chi connectivity index (χ4n) is 2.33. The first-order valence-electron chi connectivity index (χ1n) is 7.05. The summed E-state index contributed by atoms with van der Waals surface area (Å²) in [7, 11) is 0. The Bertz CT molecular complexity index is 1120. The zero-order valence-corrected chi connectivity index (χ0v) is 15.9. The summed E-state index contributed by atoms with van der Waals surface area (Å²) in [5.74, 6) is -0.909. The molecule has 25 heavy (non-hydrogen) atoms. The summed E-state index contributed by atoms with van der Waals surface area (Å²) >= 11 is 10.5. The molecular weight excluding hydrogens is 401 g/mol. The molecule has 1 N–H and O–H groups in total. The molecule has 2 aromatic carbocycles. The zero-order valence-electron chi connectivity index (χ0n) is 12.7. The van der Waals surface area contributed by atoms with Crippen molar-refractivity contribution in [1.29, 1.82) is 0 Å². The molecule has 2 heterocycles. The highest BCUT2D eigenvalue weighted by molar-refractivity contribution is 8.00. The van der Waals surface area contributed by atoms with E-state index in [9.17, 15) is 9.18 Å². The Kier molecular flexibility index (Phi) is 4.36. The van der Waals surface area contributed by atoms with E-state index in [2.05, 4.69) is 15.3 Å². The van der Waals surface area contributed by atoms with Gasteiger partial charge >= 0.3 is 0 Å². The highest BCUT2D eigenvalue weighted by Gasteiger charge is 2.16. The number of aromatic nitrogens is 2. The molecule has 2 aromatic heterocycles. The van der Waals surface area contributed by atoms with Crippen LogP contribution in [0.3, 0.4) is 0 Å². The van der Waals surface area contributed by atoms with Gasteiger partial charge in [0.15, 0.2) is 9.47 Å². The fraction of sp³-hybridized carbons (Fsp3) is 0.0625. The van der Waals surface area contributed by atoms with Gasteiger partial charge in [0.25, 0.3) is 5.91 Å². The number of carbonyl (C=O) groups is 1. The molecule has 4 aromatic rings. The number of thioether (sulfide) groups is 1. The molecule has 9 heteroatoms. The molecular formula is C16H9ClFN3OS3. The average molecular weight is 410 g/mol. The fourth-order valence-corrected chi connectivity index (χ4v) is 5.24. The van der Waals surface area contributed by atoms with Crippen molar-refractivity contribution in [3.8, 4) is 0 Å². The highest BCUT2D eigenvalue weighted by Crippen LogP contribution is 2.38. The average Bonchev–Trinajstić information content (AvgIpc) is 3.16. The van der Waals surface area contributed by atoms with E-state index in [0.29, 0.717) is 5.13 Å². The largest absolute Gasteiger partial charge is 0.298 e. The summed E-state index contributed by atoms with van der Waals surface area (Å²) in [6.45, 7) is 0. The third kappa shape index (κ3) is 3.10. The van der Waals surface area contributed by atoms with Crippen molar-refractivity contribution in [2.45, 2.75) is 4.34 Å². The maximum atomic E-state index is 13.1. The van der Waals surface area contributed by atoms with E-state index in [-0.39, 0.29) is 10.6 Å². The molecule has 0 aliphatic rings. The first kappa shape index (κ1) is 16.7. The molecule has 126 valence electrons. The van der Waals surface area contributed by atoms with Crippen molar-refractivity contribution >= 4 is 77.5 Å². The SMILES string of the molecule is CSc1nc2ccc3nc(NC(=O)c4ccc(F)cc4Cl)sc3c2s1. The lowest BCUT2D eigenvalue weighted by atomic mass is 10.2. The van der Waals surface area contributed by atoms with E-state index >= 15 is 0 Å². The second kappa shape index (κ2) is 6.53. The summed E-state index contributed by atoms with van der Waals surface area (Å²) in [5.41, 5.74) is 1.93. The van der Waals surface area contributed by atoms with E-state index < -0.39 is 11.7 Å². The summed E-state index contributed by atoms with van der Waals surface area (Å²) in [5, 5.41) is 3.26. The number of halogens is 2. The number of hydrogen-bond acceptors (Lipinski definition) is 6. The molecule has 0 unspecified atom stereocenters. The predicted molar refractivity (Wildman–Crippen MR) is 104 cm³/mol. The normalized spacial score (nSPS) is 11.3. The zero-order chi connectivity index (χ0) is 17.6. The molecule has 0 aliphatic heterocycles. The molecule has 0 aliphatic carbocycles. The van der Waals surface area contributed by atoms with Gasteiger partial charge in [-0.2, -0.15) is 0 Å². The number of nitrogens with zero attached hydrogens (tertiary/aromatic N) is 2. The van der Waals surface area contributed by atoms with Crippen LogP contribution in [0.5, 0.6) is 0 Å². The standard InChI is InChI=1S/C16H9ClFN3OS3/c1-23-16-20-11-5-4-10-12(13(11)25-16)24-15(19-10)21-14(22)8-3-2-7(18)6-9(8)17/h2-6H,1H3,(H,19,21,22). The smallest absolute Gasteiger partial charge is 0.258 e. The van der Waals surface area contributed by atoms with Gasteiger partial charge < -0.3 is 0 Å². The third-order valence-corrected chi connectivity index (χ3v) is 6.98. The summed E-state index contributed by atoms with van der Waals surface area (Å²) in [4.78, 5) is 21.4. The van der Waals surface area contributed by atoms with Crippen LogP contribution in [-0.4, -0.2) is 22.1 Å². The van der Waals surface area contributed by atoms with Gasteiger partial charge in [0.2, 0.25) is 0 Å². The van der Waals surface area contributed by atoms with Gasteiger partial charge in [-0.05, 0) is 36.6 Å². The number of fused-ring (bicyclic) bond motifs is 3. The summed E-state index contributed by atoms with van der Waals surface area (Å²) in [6, 6.07) is 7.48. The number of nitrogens with one attached hydrogen (secondary N) is 1. The number of benzene rings is 2. The van der Waals surface area contributed by atoms with E-state index in [1.54, 1.807) is 23.1 Å². The number of carbonyl (C=O) groups excluding carboxylic acids is 1. The quantitative estimate of drug-likeness (QED) is 0.443. The molecule has 0 saturated heterocycles. The number of amides is 1. The van der Waals surface area contributed by atoms with E-state index in [1.165, 1.54) is 23.5 Å². The molecule has 0 radical (unpaired) electrons. The van der Waals surface area contributed by atoms with Crippen LogP contribution in [0.25, 0.3) is 20.4 Å². The van der Waals surface area contributed by atoms with E-state index in [1.807, 2.05) is 18.4 Å². The van der Waals surface area contributed by atoms with Gasteiger partial charge in [-0.3, -0.25) is 10.1 Å². The second-order valence-electron chi connectivity index (χ2n) is 5.04. The lowest BCUT2D eigenvalue weighted by Gasteiger charge is -2.03. The monoisotopic (exact) mass is 409 g/mol. The van der Waals surface area contributed by atoms with Crippen molar-refractivity contribution in [1.82, 2.24) is 9.97 Å². The molecule has 0 fully saturated rings. The van der Waals surface area contributed by atoms with Crippen LogP contribution in [0.1, 0.15) is 10.4 Å². The van der Waals surface area contributed by atoms with Gasteiger partial charge in [0.05, 0.1) is 31.0 Å². The van der Waals surface area contributed by atoms with E-state index in [4.69, 9.17) is 11.6 Å². The van der Waals surface area contributed by atoms with Crippen molar-refractivity contribution in [2.75, 3.05) is 11.6 Å². The summed E-state index contributed by atoms with van der Waals surface area (Å²) in [6.07, 6.45) is 1.99. The Morgan fingerprint density at radius 2 is 1.88 bits per heavy atom. The molecule has 4 nitrogen and oxygen atoms in total. The Morgan fingerprint density at radius 1 is 1.16 bits per heavy atom. The predicted octanol–water partition coefficient (Wildman–Crippen LogP) is 5.67. The van der Waals surface area contributed by atoms with Crippen LogP contribution in [0.4, 0.5) is 9.52 Å². The number of hydrogen-bond donors (Lipinski definition) is 1. The highest BCUT2D eigenvalue weighted by atomic mass is 35.5. The first-order chi connectivity index (χ1) is 12.0. The Labute approximate surface area is 159 Å². The van der Waals surface area contributed by atoms with E-state index in [0.717, 1.165) is 30.8 Å². The lowest BCUT2D eigenvalue weighted by molar-refractivity contribution is 0.102. The Morgan fingerprint density at radius 3 is 2.60 bits per heavy atom. The van der Waals surface area contributed by atoms with Gasteiger partial charge in [0.1, 0.15) is 5.82 Å². The lowest BCUT2D eigenvalue weighted by Crippen LogP contribution is -2.12. The maximum Gasteiger partial charge on any atom is 0.258 e. The minimum absolute atomic E-state index is 0.0630. The van der Waals surface area contributed by atoms with Crippen LogP contribution < -0.4 is 5.32 Å². The minimum atomic E-state index is -0.487. The van der Waals surface area contributed by atoms with Gasteiger partial charge in [-0.15, -0.1) is 11.3 Å². The molecule has 0 bridgehead atoms. The van der Waals surface area contributed by atoms with Crippen molar-refractivity contribution in [3.05, 3.63) is 46.7 Å². The molecule has 1 amide bonds. The van der Waals surface area contributed by atoms with Crippen LogP contribution in [0.2, 0.25) is 5.02 Å². The number of anilines is 1. The third-order valence-electron chi connectivity index (χ3n) is 3.46.